The predicted molar refractivity (Wildman–Crippen MR) is 134 cm³/mol. The standard InChI is InChI=1S/C25H35N7O3/c1-6-31(11-12-34-5)20-9-10-30(15-20)16-24(33)26-22-14-23(32-18(3)13-17(2)29-32)28-25(27-22)21-8-7-19(4)35-21/h7-8,13-14,20H,6,9-12,15-16H2,1-5H3,(H,26,27,28,33)/t20-/m0/s1. The fourth-order valence-corrected chi connectivity index (χ4v) is 4.58. The number of ether oxygens (including phenoxy) is 1. The average molecular weight is 482 g/mol. The molecular weight excluding hydrogens is 446 g/mol. The molecule has 4 rings (SSSR count). The number of aromatic nitrogens is 4. The van der Waals surface area contributed by atoms with Crippen molar-refractivity contribution in [1.82, 2.24) is 29.5 Å². The molecule has 4 heterocycles. The number of likely N-dealkylation sites (tertiary alicyclic amines) is 1. The van der Waals surface area contributed by atoms with Gasteiger partial charge in [0, 0.05) is 44.5 Å². The minimum atomic E-state index is -0.106. The maximum absolute atomic E-state index is 13.0. The minimum Gasteiger partial charge on any atom is -0.458 e. The van der Waals surface area contributed by atoms with E-state index >= 15 is 0 Å². The monoisotopic (exact) mass is 481 g/mol. The van der Waals surface area contributed by atoms with E-state index in [0.29, 0.717) is 42.4 Å². The van der Waals surface area contributed by atoms with E-state index in [1.807, 2.05) is 39.0 Å². The summed E-state index contributed by atoms with van der Waals surface area (Å²) in [4.78, 5) is 26.8. The second kappa shape index (κ2) is 11.1. The van der Waals surface area contributed by atoms with Crippen LogP contribution in [0, 0.1) is 20.8 Å². The van der Waals surface area contributed by atoms with Crippen molar-refractivity contribution in [3.05, 3.63) is 41.4 Å². The van der Waals surface area contributed by atoms with Gasteiger partial charge in [-0.25, -0.2) is 14.6 Å². The van der Waals surface area contributed by atoms with Gasteiger partial charge in [0.25, 0.3) is 0 Å². The van der Waals surface area contributed by atoms with E-state index in [1.165, 1.54) is 0 Å². The zero-order valence-electron chi connectivity index (χ0n) is 21.2. The summed E-state index contributed by atoms with van der Waals surface area (Å²) in [6.45, 7) is 12.6. The van der Waals surface area contributed by atoms with Gasteiger partial charge in [-0.1, -0.05) is 6.92 Å². The summed E-state index contributed by atoms with van der Waals surface area (Å²) < 4.78 is 12.7. The van der Waals surface area contributed by atoms with Gasteiger partial charge in [-0.05, 0) is 51.9 Å². The summed E-state index contributed by atoms with van der Waals surface area (Å²) in [5.41, 5.74) is 1.83. The first-order chi connectivity index (χ1) is 16.9. The summed E-state index contributed by atoms with van der Waals surface area (Å²) >= 11 is 0. The van der Waals surface area contributed by atoms with Crippen molar-refractivity contribution < 1.29 is 13.9 Å². The number of amides is 1. The fourth-order valence-electron chi connectivity index (χ4n) is 4.58. The van der Waals surface area contributed by atoms with E-state index in [9.17, 15) is 4.79 Å². The lowest BCUT2D eigenvalue weighted by atomic mass is 10.2. The van der Waals surface area contributed by atoms with Gasteiger partial charge >= 0.3 is 0 Å². The molecule has 10 heteroatoms. The first-order valence-corrected chi connectivity index (χ1v) is 12.1. The van der Waals surface area contributed by atoms with Crippen LogP contribution in [-0.4, -0.2) is 87.9 Å². The van der Waals surface area contributed by atoms with Gasteiger partial charge in [-0.15, -0.1) is 0 Å². The van der Waals surface area contributed by atoms with Crippen LogP contribution in [0.4, 0.5) is 5.82 Å². The molecule has 0 aromatic carbocycles. The summed E-state index contributed by atoms with van der Waals surface area (Å²) in [5, 5.41) is 7.51. The molecule has 1 aliphatic heterocycles. The first kappa shape index (κ1) is 25.0. The molecule has 3 aromatic rings. The molecule has 1 amide bonds. The largest absolute Gasteiger partial charge is 0.458 e. The molecular formula is C25H35N7O3. The Balaban J connectivity index is 1.49. The molecule has 188 valence electrons. The van der Waals surface area contributed by atoms with E-state index in [2.05, 4.69) is 37.1 Å². The average Bonchev–Trinajstić information content (AvgIpc) is 3.54. The van der Waals surface area contributed by atoms with E-state index in [0.717, 1.165) is 49.7 Å². The highest BCUT2D eigenvalue weighted by molar-refractivity contribution is 5.91. The Bertz CT molecular complexity index is 1160. The van der Waals surface area contributed by atoms with Gasteiger partial charge in [-0.2, -0.15) is 5.10 Å². The lowest BCUT2D eigenvalue weighted by molar-refractivity contribution is -0.117. The van der Waals surface area contributed by atoms with Crippen LogP contribution in [0.3, 0.4) is 0 Å². The van der Waals surface area contributed by atoms with Crippen LogP contribution in [0.25, 0.3) is 17.4 Å². The summed E-state index contributed by atoms with van der Waals surface area (Å²) in [6.07, 6.45) is 1.04. The third kappa shape index (κ3) is 6.14. The molecule has 0 bridgehead atoms. The minimum absolute atomic E-state index is 0.106. The number of carbonyl (C=O) groups is 1. The van der Waals surface area contributed by atoms with Crippen molar-refractivity contribution in [2.75, 3.05) is 51.8 Å². The third-order valence-electron chi connectivity index (χ3n) is 6.29. The van der Waals surface area contributed by atoms with E-state index < -0.39 is 0 Å². The molecule has 0 unspecified atom stereocenters. The molecule has 1 saturated heterocycles. The van der Waals surface area contributed by atoms with Gasteiger partial charge < -0.3 is 14.5 Å². The molecule has 1 aliphatic rings. The molecule has 10 nitrogen and oxygen atoms in total. The van der Waals surface area contributed by atoms with E-state index in [-0.39, 0.29) is 5.91 Å². The zero-order valence-corrected chi connectivity index (χ0v) is 21.2. The quantitative estimate of drug-likeness (QED) is 0.472. The summed E-state index contributed by atoms with van der Waals surface area (Å²) in [6, 6.07) is 7.85. The molecule has 1 atom stereocenters. The van der Waals surface area contributed by atoms with Crippen LogP contribution in [0.15, 0.2) is 28.7 Å². The Morgan fingerprint density at radius 1 is 1.26 bits per heavy atom. The number of nitrogens with one attached hydrogen (secondary N) is 1. The molecule has 1 N–H and O–H groups in total. The zero-order chi connectivity index (χ0) is 24.9. The molecule has 35 heavy (non-hydrogen) atoms. The SMILES string of the molecule is CCN(CCOC)[C@H]1CCN(CC(=O)Nc2cc(-n3nc(C)cc3C)nc(-c3ccc(C)o3)n2)C1. The highest BCUT2D eigenvalue weighted by Crippen LogP contribution is 2.23. The Hall–Kier alpha value is -3.08. The van der Waals surface area contributed by atoms with Crippen molar-refractivity contribution in [2.45, 2.75) is 40.2 Å². The summed E-state index contributed by atoms with van der Waals surface area (Å²) in [7, 11) is 1.73. The molecule has 0 aliphatic carbocycles. The van der Waals surface area contributed by atoms with Crippen molar-refractivity contribution in [1.29, 1.82) is 0 Å². The number of hydrogen-bond acceptors (Lipinski definition) is 8. The Kier molecular flexibility index (Phi) is 7.94. The van der Waals surface area contributed by atoms with Crippen LogP contribution in [0.1, 0.15) is 30.5 Å². The molecule has 0 spiro atoms. The number of furan rings is 1. The Morgan fingerprint density at radius 3 is 2.74 bits per heavy atom. The number of aryl methyl sites for hydroxylation is 3. The topological polar surface area (TPSA) is 102 Å². The number of nitrogens with zero attached hydrogens (tertiary/aromatic N) is 6. The van der Waals surface area contributed by atoms with Crippen molar-refractivity contribution >= 4 is 11.7 Å². The van der Waals surface area contributed by atoms with E-state index in [4.69, 9.17) is 9.15 Å². The second-order valence-electron chi connectivity index (χ2n) is 9.03. The van der Waals surface area contributed by atoms with Gasteiger partial charge in [0.05, 0.1) is 18.8 Å². The number of rotatable bonds is 10. The number of hydrogen-bond donors (Lipinski definition) is 1. The first-order valence-electron chi connectivity index (χ1n) is 12.1. The molecule has 1 fully saturated rings. The maximum Gasteiger partial charge on any atom is 0.239 e. The van der Waals surface area contributed by atoms with Crippen LogP contribution in [0.2, 0.25) is 0 Å². The Labute approximate surface area is 206 Å². The van der Waals surface area contributed by atoms with Gasteiger partial charge in [0.1, 0.15) is 11.6 Å². The fraction of sp³-hybridized carbons (Fsp3) is 0.520. The number of carbonyl (C=O) groups excluding carboxylic acids is 1. The Morgan fingerprint density at radius 2 is 2.09 bits per heavy atom. The van der Waals surface area contributed by atoms with Gasteiger partial charge in [-0.3, -0.25) is 14.6 Å². The van der Waals surface area contributed by atoms with Crippen molar-refractivity contribution in [3.8, 4) is 17.4 Å². The highest BCUT2D eigenvalue weighted by Gasteiger charge is 2.28. The molecule has 0 radical (unpaired) electrons. The number of methoxy groups -OCH3 is 1. The predicted octanol–water partition coefficient (Wildman–Crippen LogP) is 2.83. The number of anilines is 1. The van der Waals surface area contributed by atoms with Crippen LogP contribution < -0.4 is 5.32 Å². The molecule has 3 aromatic heterocycles. The van der Waals surface area contributed by atoms with Gasteiger partial charge in [0.15, 0.2) is 17.4 Å². The lowest BCUT2D eigenvalue weighted by Crippen LogP contribution is -2.40. The second-order valence-corrected chi connectivity index (χ2v) is 9.03. The number of likely N-dealkylation sites (N-methyl/N-ethyl adjacent to an activating group) is 1. The molecule has 0 saturated carbocycles. The van der Waals surface area contributed by atoms with Gasteiger partial charge in [0.2, 0.25) is 5.91 Å². The van der Waals surface area contributed by atoms with Crippen LogP contribution in [0.5, 0.6) is 0 Å². The smallest absolute Gasteiger partial charge is 0.239 e. The maximum atomic E-state index is 13.0. The van der Waals surface area contributed by atoms with Crippen LogP contribution in [-0.2, 0) is 9.53 Å². The van der Waals surface area contributed by atoms with E-state index in [1.54, 1.807) is 17.9 Å². The third-order valence-corrected chi connectivity index (χ3v) is 6.29. The van der Waals surface area contributed by atoms with Crippen molar-refractivity contribution in [2.24, 2.45) is 0 Å². The van der Waals surface area contributed by atoms with Crippen LogP contribution >= 0.6 is 0 Å². The lowest BCUT2D eigenvalue weighted by Gasteiger charge is -2.27. The van der Waals surface area contributed by atoms with Crippen molar-refractivity contribution in [3.63, 3.8) is 0 Å². The summed E-state index contributed by atoms with van der Waals surface area (Å²) in [5.74, 6) is 2.59. The highest BCUT2D eigenvalue weighted by atomic mass is 16.5. The normalized spacial score (nSPS) is 16.3.